The monoisotopic (exact) mass is 659 g/mol. The van der Waals surface area contributed by atoms with Gasteiger partial charge in [0.1, 0.15) is 28.7 Å². The number of nitrogens with one attached hydrogen (secondary N) is 1. The molecule has 0 aliphatic carbocycles. The van der Waals surface area contributed by atoms with Crippen molar-refractivity contribution in [2.45, 2.75) is 12.5 Å². The van der Waals surface area contributed by atoms with Crippen LogP contribution in [0.15, 0.2) is 60.7 Å². The molecule has 0 fully saturated rings. The third kappa shape index (κ3) is 6.52. The van der Waals surface area contributed by atoms with Crippen LogP contribution < -0.4 is 10.1 Å². The Kier molecular flexibility index (Phi) is 8.48. The number of carbonyl (C=O) groups is 3. The average molecular weight is 661 g/mol. The Balaban J connectivity index is 1.40. The maximum Gasteiger partial charge on any atom is 0.341 e. The highest BCUT2D eigenvalue weighted by Crippen LogP contribution is 2.33. The molecule has 0 saturated carbocycles. The number of halogens is 4. The molecule has 0 radical (unpaired) electrons. The van der Waals surface area contributed by atoms with Gasteiger partial charge in [-0.25, -0.2) is 24.4 Å². The first-order valence-electron chi connectivity index (χ1n) is 12.2. The average Bonchev–Trinajstić information content (AvgIpc) is 2.93. The number of carboxylic acids is 3. The quantitative estimate of drug-likeness (QED) is 0.123. The Hall–Kier alpha value is -4.35. The number of hydrogen-bond acceptors (Lipinski definition) is 7. The SMILES string of the molecule is O=C(O)c1cc2cc(Cl)cc(Cl)c2nc1N[C@@H](Cc1ccc(Oc2nc3c(Cl)cc(Cl)cc3cc2C(=O)O)cc1)C(=O)O. The summed E-state index contributed by atoms with van der Waals surface area (Å²) in [6.45, 7) is 0. The van der Waals surface area contributed by atoms with Crippen LogP contribution in [0.3, 0.4) is 0 Å². The molecule has 14 heteroatoms. The molecule has 10 nitrogen and oxygen atoms in total. The van der Waals surface area contributed by atoms with Crippen LogP contribution >= 0.6 is 46.4 Å². The summed E-state index contributed by atoms with van der Waals surface area (Å²) in [6.07, 6.45) is -0.0757. The third-order valence-electron chi connectivity index (χ3n) is 6.29. The molecule has 2 aromatic heterocycles. The molecule has 0 aliphatic rings. The lowest BCUT2D eigenvalue weighted by Gasteiger charge is -2.18. The number of fused-ring (bicyclic) bond motifs is 2. The summed E-state index contributed by atoms with van der Waals surface area (Å²) < 4.78 is 5.76. The Morgan fingerprint density at radius 2 is 1.28 bits per heavy atom. The van der Waals surface area contributed by atoms with Crippen molar-refractivity contribution < 1.29 is 34.4 Å². The lowest BCUT2D eigenvalue weighted by molar-refractivity contribution is -0.137. The minimum absolute atomic E-state index is 0.0757. The highest BCUT2D eigenvalue weighted by molar-refractivity contribution is 6.39. The van der Waals surface area contributed by atoms with Gasteiger partial charge < -0.3 is 25.4 Å². The maximum absolute atomic E-state index is 12.1. The Labute approximate surface area is 262 Å². The molecule has 3 aromatic carbocycles. The molecule has 0 spiro atoms. The number of anilines is 1. The third-order valence-corrected chi connectivity index (χ3v) is 7.30. The normalized spacial score (nSPS) is 11.8. The molecule has 43 heavy (non-hydrogen) atoms. The Morgan fingerprint density at radius 1 is 0.744 bits per heavy atom. The van der Waals surface area contributed by atoms with Gasteiger partial charge in [0.25, 0.3) is 0 Å². The van der Waals surface area contributed by atoms with Crippen LogP contribution in [0.5, 0.6) is 11.6 Å². The van der Waals surface area contributed by atoms with Gasteiger partial charge in [-0.2, -0.15) is 0 Å². The lowest BCUT2D eigenvalue weighted by Crippen LogP contribution is -2.32. The first kappa shape index (κ1) is 30.1. The van der Waals surface area contributed by atoms with Crippen LogP contribution in [0, 0.1) is 0 Å². The van der Waals surface area contributed by atoms with Crippen LogP contribution in [0.2, 0.25) is 20.1 Å². The summed E-state index contributed by atoms with van der Waals surface area (Å²) in [5.74, 6) is -4.03. The number of carboxylic acid groups (broad SMARTS) is 3. The second kappa shape index (κ2) is 12.1. The molecule has 218 valence electrons. The van der Waals surface area contributed by atoms with E-state index in [0.29, 0.717) is 26.9 Å². The van der Waals surface area contributed by atoms with E-state index in [1.165, 1.54) is 48.5 Å². The smallest absolute Gasteiger partial charge is 0.341 e. The van der Waals surface area contributed by atoms with Gasteiger partial charge in [-0.1, -0.05) is 58.5 Å². The van der Waals surface area contributed by atoms with E-state index in [9.17, 15) is 29.7 Å². The minimum atomic E-state index is -1.33. The minimum Gasteiger partial charge on any atom is -0.480 e. The number of pyridine rings is 2. The number of nitrogens with zero attached hydrogens (tertiary/aromatic N) is 2. The molecule has 0 unspecified atom stereocenters. The van der Waals surface area contributed by atoms with Gasteiger partial charge in [-0.05, 0) is 54.1 Å². The molecule has 5 rings (SSSR count). The number of ether oxygens (including phenoxy) is 1. The first-order valence-corrected chi connectivity index (χ1v) is 13.7. The van der Waals surface area contributed by atoms with E-state index in [1.54, 1.807) is 12.1 Å². The molecule has 0 bridgehead atoms. The largest absolute Gasteiger partial charge is 0.480 e. The molecule has 2 heterocycles. The molecule has 1 atom stereocenters. The highest BCUT2D eigenvalue weighted by atomic mass is 35.5. The van der Waals surface area contributed by atoms with E-state index in [1.807, 2.05) is 0 Å². The van der Waals surface area contributed by atoms with Crippen LogP contribution in [0.1, 0.15) is 26.3 Å². The van der Waals surface area contributed by atoms with Crippen LogP contribution in [0.25, 0.3) is 21.8 Å². The predicted octanol–water partition coefficient (Wildman–Crippen LogP) is 7.69. The molecule has 0 saturated heterocycles. The van der Waals surface area contributed by atoms with Gasteiger partial charge in [0.2, 0.25) is 5.88 Å². The van der Waals surface area contributed by atoms with E-state index in [2.05, 4.69) is 15.3 Å². The summed E-state index contributed by atoms with van der Waals surface area (Å²) in [5.41, 5.74) is 0.601. The number of aromatic nitrogens is 2. The Bertz CT molecular complexity index is 1950. The predicted molar refractivity (Wildman–Crippen MR) is 163 cm³/mol. The van der Waals surface area contributed by atoms with E-state index in [4.69, 9.17) is 51.1 Å². The van der Waals surface area contributed by atoms with Gasteiger partial charge >= 0.3 is 17.9 Å². The molecular weight excluding hydrogens is 644 g/mol. The van der Waals surface area contributed by atoms with Crippen LogP contribution in [-0.2, 0) is 11.2 Å². The first-order chi connectivity index (χ1) is 20.4. The van der Waals surface area contributed by atoms with Crippen LogP contribution in [-0.4, -0.2) is 49.2 Å². The van der Waals surface area contributed by atoms with Gasteiger partial charge in [0, 0.05) is 27.2 Å². The zero-order valence-electron chi connectivity index (χ0n) is 21.4. The number of aliphatic carboxylic acids is 1. The fourth-order valence-electron chi connectivity index (χ4n) is 4.31. The van der Waals surface area contributed by atoms with Crippen molar-refractivity contribution in [2.24, 2.45) is 0 Å². The Morgan fingerprint density at radius 3 is 1.81 bits per heavy atom. The van der Waals surface area contributed by atoms with Gasteiger partial charge in [-0.3, -0.25) is 0 Å². The summed E-state index contributed by atoms with van der Waals surface area (Å²) in [7, 11) is 0. The number of aromatic carboxylic acids is 2. The highest BCUT2D eigenvalue weighted by Gasteiger charge is 2.24. The van der Waals surface area contributed by atoms with E-state index in [0.717, 1.165) is 0 Å². The van der Waals surface area contributed by atoms with Crippen molar-refractivity contribution in [3.63, 3.8) is 0 Å². The van der Waals surface area contributed by atoms with Crippen molar-refractivity contribution in [1.29, 1.82) is 0 Å². The van der Waals surface area contributed by atoms with Crippen molar-refractivity contribution >= 4 is 91.9 Å². The number of benzene rings is 3. The van der Waals surface area contributed by atoms with Crippen molar-refractivity contribution in [3.05, 3.63) is 97.4 Å². The van der Waals surface area contributed by atoms with Gasteiger partial charge in [-0.15, -0.1) is 0 Å². The molecule has 0 aliphatic heterocycles. The molecular formula is C29H17Cl4N3O7. The van der Waals surface area contributed by atoms with Crippen LogP contribution in [0.4, 0.5) is 5.82 Å². The zero-order valence-corrected chi connectivity index (χ0v) is 24.5. The summed E-state index contributed by atoms with van der Waals surface area (Å²) >= 11 is 24.5. The van der Waals surface area contributed by atoms with E-state index >= 15 is 0 Å². The molecule has 4 N–H and O–H groups in total. The molecule has 5 aromatic rings. The standard InChI is InChI=1S/C29H17Cl4N3O7/c30-15-6-13-8-18(27(37)38)25(35-23(13)20(32)10-15)34-22(29(41)42)5-12-1-3-17(4-2-12)43-26-19(28(39)40)9-14-7-16(31)11-21(33)24(14)36-26/h1-4,6-11,22H,5H2,(H,34,35)(H,37,38)(H,39,40)(H,41,42)/t22-/m0/s1. The second-order valence-corrected chi connectivity index (χ2v) is 10.9. The maximum atomic E-state index is 12.1. The van der Waals surface area contributed by atoms with Crippen molar-refractivity contribution in [3.8, 4) is 11.6 Å². The summed E-state index contributed by atoms with van der Waals surface area (Å²) in [4.78, 5) is 44.5. The summed E-state index contributed by atoms with van der Waals surface area (Å²) in [6, 6.07) is 13.5. The number of rotatable bonds is 9. The number of hydrogen-bond donors (Lipinski definition) is 4. The lowest BCUT2D eigenvalue weighted by atomic mass is 10.0. The fourth-order valence-corrected chi connectivity index (χ4v) is 5.42. The van der Waals surface area contributed by atoms with E-state index < -0.39 is 23.9 Å². The summed E-state index contributed by atoms with van der Waals surface area (Å²) in [5, 5.41) is 33.8. The van der Waals surface area contributed by atoms with Crippen molar-refractivity contribution in [1.82, 2.24) is 9.97 Å². The van der Waals surface area contributed by atoms with Gasteiger partial charge in [0.15, 0.2) is 0 Å². The molecule has 0 amide bonds. The van der Waals surface area contributed by atoms with Gasteiger partial charge in [0.05, 0.1) is 21.1 Å². The second-order valence-electron chi connectivity index (χ2n) is 9.24. The fraction of sp³-hybridized carbons (Fsp3) is 0.0690. The van der Waals surface area contributed by atoms with Crippen molar-refractivity contribution in [2.75, 3.05) is 5.32 Å². The zero-order chi connectivity index (χ0) is 31.0. The topological polar surface area (TPSA) is 159 Å². The van der Waals surface area contributed by atoms with E-state index in [-0.39, 0.29) is 55.6 Å².